The second-order valence-corrected chi connectivity index (χ2v) is 8.40. The molecule has 9 heteroatoms. The van der Waals surface area contributed by atoms with Gasteiger partial charge in [0.05, 0.1) is 6.20 Å². The summed E-state index contributed by atoms with van der Waals surface area (Å²) in [5.41, 5.74) is 3.38. The summed E-state index contributed by atoms with van der Waals surface area (Å²) in [4.78, 5) is 15.0. The average Bonchev–Trinajstić information content (AvgIpc) is 3.42. The van der Waals surface area contributed by atoms with Crippen LogP contribution in [0.1, 0.15) is 32.4 Å². The molecule has 0 saturated heterocycles. The lowest BCUT2D eigenvalue weighted by Gasteiger charge is -2.34. The maximum Gasteiger partial charge on any atom is 0.285 e. The van der Waals surface area contributed by atoms with Gasteiger partial charge >= 0.3 is 0 Å². The van der Waals surface area contributed by atoms with Crippen LogP contribution in [-0.2, 0) is 13.6 Å². The zero-order chi connectivity index (χ0) is 21.5. The molecule has 0 aliphatic carbocycles. The highest BCUT2D eigenvalue weighted by Gasteiger charge is 2.31. The van der Waals surface area contributed by atoms with Crippen LogP contribution in [0.4, 0.5) is 8.78 Å². The third kappa shape index (κ3) is 3.61. The van der Waals surface area contributed by atoms with Crippen LogP contribution in [0.3, 0.4) is 0 Å². The Labute approximate surface area is 180 Å². The number of rotatable bonds is 3. The Morgan fingerprint density at radius 2 is 2.00 bits per heavy atom. The third-order valence-electron chi connectivity index (χ3n) is 5.38. The molecule has 0 N–H and O–H groups in total. The van der Waals surface area contributed by atoms with Crippen molar-refractivity contribution < 1.29 is 13.6 Å². The minimum atomic E-state index is -0.737. The molecule has 1 aliphatic heterocycles. The zero-order valence-corrected chi connectivity index (χ0v) is 17.3. The van der Waals surface area contributed by atoms with E-state index >= 15 is 0 Å². The molecule has 156 valence electrons. The maximum absolute atomic E-state index is 14.1. The fourth-order valence-electron chi connectivity index (χ4n) is 3.88. The van der Waals surface area contributed by atoms with Gasteiger partial charge in [0.1, 0.15) is 11.6 Å². The zero-order valence-electron chi connectivity index (χ0n) is 16.5. The molecule has 0 spiro atoms. The predicted octanol–water partition coefficient (Wildman–Crippen LogP) is 4.00. The Morgan fingerprint density at radius 1 is 1.16 bits per heavy atom. The van der Waals surface area contributed by atoms with Crippen LogP contribution in [0.2, 0.25) is 0 Å². The first-order valence-electron chi connectivity index (χ1n) is 9.64. The molecule has 1 amide bonds. The van der Waals surface area contributed by atoms with Gasteiger partial charge in [-0.3, -0.25) is 9.48 Å². The molecule has 6 nitrogen and oxygen atoms in total. The summed E-state index contributed by atoms with van der Waals surface area (Å²) in [6.07, 6.45) is 3.77. The van der Waals surface area contributed by atoms with Crippen molar-refractivity contribution >= 4 is 17.2 Å². The van der Waals surface area contributed by atoms with Crippen LogP contribution in [0.5, 0.6) is 0 Å². The maximum atomic E-state index is 14.1. The first kappa shape index (κ1) is 19.5. The van der Waals surface area contributed by atoms with Crippen molar-refractivity contribution in [3.05, 3.63) is 88.2 Å². The molecule has 2 aromatic heterocycles. The standard InChI is InChI=1S/C22H17F2N5OS/c1-28-10-14(9-25-28)18-12-29(11-13-4-2-3-5-16(13)18)22(30)21-27-26-20(31-21)17-7-6-15(23)8-19(17)24/h2-10,18H,11-12H2,1H3. The van der Waals surface area contributed by atoms with Gasteiger partial charge in [-0.25, -0.2) is 8.78 Å². The highest BCUT2D eigenvalue weighted by molar-refractivity contribution is 7.16. The number of nitrogens with zero attached hydrogens (tertiary/aromatic N) is 5. The van der Waals surface area contributed by atoms with Crippen LogP contribution >= 0.6 is 11.3 Å². The van der Waals surface area contributed by atoms with Crippen LogP contribution < -0.4 is 0 Å². The van der Waals surface area contributed by atoms with E-state index in [1.165, 1.54) is 11.6 Å². The van der Waals surface area contributed by atoms with Crippen molar-refractivity contribution in [3.63, 3.8) is 0 Å². The van der Waals surface area contributed by atoms with Gasteiger partial charge in [-0.2, -0.15) is 5.10 Å². The van der Waals surface area contributed by atoms with E-state index in [0.29, 0.717) is 13.1 Å². The lowest BCUT2D eigenvalue weighted by Crippen LogP contribution is -2.38. The molecule has 4 aromatic rings. The normalized spacial score (nSPS) is 15.7. The lowest BCUT2D eigenvalue weighted by atomic mass is 9.86. The Kier molecular flexibility index (Phi) is 4.82. The largest absolute Gasteiger partial charge is 0.331 e. The van der Waals surface area contributed by atoms with Crippen LogP contribution in [-0.4, -0.2) is 37.3 Å². The number of halogens is 2. The second kappa shape index (κ2) is 7.66. The summed E-state index contributed by atoms with van der Waals surface area (Å²) in [6, 6.07) is 11.3. The highest BCUT2D eigenvalue weighted by Crippen LogP contribution is 2.35. The minimum Gasteiger partial charge on any atom is -0.331 e. The van der Waals surface area contributed by atoms with Gasteiger partial charge < -0.3 is 4.90 Å². The van der Waals surface area contributed by atoms with Gasteiger partial charge in [0.25, 0.3) is 5.91 Å². The number of carbonyl (C=O) groups is 1. The van der Waals surface area contributed by atoms with Gasteiger partial charge in [-0.05, 0) is 28.8 Å². The Hall–Kier alpha value is -3.46. The van der Waals surface area contributed by atoms with E-state index in [0.717, 1.165) is 34.6 Å². The monoisotopic (exact) mass is 437 g/mol. The summed E-state index contributed by atoms with van der Waals surface area (Å²) < 4.78 is 29.0. The molecular formula is C22H17F2N5OS. The van der Waals surface area contributed by atoms with E-state index in [1.54, 1.807) is 9.58 Å². The summed E-state index contributed by atoms with van der Waals surface area (Å²) >= 11 is 0.998. The second-order valence-electron chi connectivity index (χ2n) is 7.42. The summed E-state index contributed by atoms with van der Waals surface area (Å²) in [5, 5.41) is 12.6. The quantitative estimate of drug-likeness (QED) is 0.486. The summed E-state index contributed by atoms with van der Waals surface area (Å²) in [7, 11) is 1.86. The van der Waals surface area contributed by atoms with Crippen LogP contribution in [0.25, 0.3) is 10.6 Å². The van der Waals surface area contributed by atoms with E-state index in [9.17, 15) is 13.6 Å². The van der Waals surface area contributed by atoms with Crippen molar-refractivity contribution in [1.29, 1.82) is 0 Å². The van der Waals surface area contributed by atoms with E-state index in [-0.39, 0.29) is 27.4 Å². The predicted molar refractivity (Wildman–Crippen MR) is 111 cm³/mol. The molecule has 2 aromatic carbocycles. The van der Waals surface area contributed by atoms with Gasteiger partial charge in [0.2, 0.25) is 5.01 Å². The molecule has 1 aliphatic rings. The SMILES string of the molecule is Cn1cc(C2CN(C(=O)c3nnc(-c4ccc(F)cc4F)s3)Cc3ccccc32)cn1. The van der Waals surface area contributed by atoms with Crippen molar-refractivity contribution in [1.82, 2.24) is 24.9 Å². The molecule has 31 heavy (non-hydrogen) atoms. The molecule has 0 fully saturated rings. The molecular weight excluding hydrogens is 420 g/mol. The minimum absolute atomic E-state index is 0.00969. The molecule has 0 radical (unpaired) electrons. The number of aryl methyl sites for hydroxylation is 1. The van der Waals surface area contributed by atoms with Gasteiger partial charge in [-0.1, -0.05) is 35.6 Å². The Bertz CT molecular complexity index is 1280. The van der Waals surface area contributed by atoms with Crippen LogP contribution in [0.15, 0.2) is 54.9 Å². The first-order valence-corrected chi connectivity index (χ1v) is 10.5. The molecule has 1 unspecified atom stereocenters. The first-order chi connectivity index (χ1) is 15.0. The number of fused-ring (bicyclic) bond motifs is 1. The number of benzene rings is 2. The van der Waals surface area contributed by atoms with Gasteiger partial charge in [0.15, 0.2) is 5.01 Å². The summed E-state index contributed by atoms with van der Waals surface area (Å²) in [6.45, 7) is 0.924. The molecule has 1 atom stereocenters. The van der Waals surface area contributed by atoms with E-state index in [1.807, 2.05) is 37.6 Å². The van der Waals surface area contributed by atoms with Crippen molar-refractivity contribution in [3.8, 4) is 10.6 Å². The van der Waals surface area contributed by atoms with Crippen molar-refractivity contribution in [2.24, 2.45) is 7.05 Å². The topological polar surface area (TPSA) is 63.9 Å². The van der Waals surface area contributed by atoms with Gasteiger partial charge in [0, 0.05) is 43.9 Å². The van der Waals surface area contributed by atoms with Crippen LogP contribution in [0, 0.1) is 11.6 Å². The average molecular weight is 437 g/mol. The number of hydrogen-bond acceptors (Lipinski definition) is 5. The molecule has 0 bridgehead atoms. The lowest BCUT2D eigenvalue weighted by molar-refractivity contribution is 0.0723. The van der Waals surface area contributed by atoms with E-state index < -0.39 is 11.6 Å². The highest BCUT2D eigenvalue weighted by atomic mass is 32.1. The smallest absolute Gasteiger partial charge is 0.285 e. The molecule has 0 saturated carbocycles. The molecule has 5 rings (SSSR count). The van der Waals surface area contributed by atoms with Gasteiger partial charge in [-0.15, -0.1) is 10.2 Å². The van der Waals surface area contributed by atoms with E-state index in [2.05, 4.69) is 21.4 Å². The third-order valence-corrected chi connectivity index (χ3v) is 6.32. The molecule has 3 heterocycles. The fourth-order valence-corrected chi connectivity index (χ4v) is 4.72. The fraction of sp³-hybridized carbons (Fsp3) is 0.182. The number of carbonyl (C=O) groups excluding carboxylic acids is 1. The Morgan fingerprint density at radius 3 is 2.77 bits per heavy atom. The summed E-state index contributed by atoms with van der Waals surface area (Å²) in [5.74, 6) is -1.69. The number of aromatic nitrogens is 4. The number of hydrogen-bond donors (Lipinski definition) is 0. The van der Waals surface area contributed by atoms with E-state index in [4.69, 9.17) is 0 Å². The Balaban J connectivity index is 1.45. The van der Waals surface area contributed by atoms with Crippen molar-refractivity contribution in [2.45, 2.75) is 12.5 Å². The number of amides is 1. The van der Waals surface area contributed by atoms with Crippen molar-refractivity contribution in [2.75, 3.05) is 6.54 Å².